The monoisotopic (exact) mass is 302 g/mol. The van der Waals surface area contributed by atoms with E-state index in [0.717, 1.165) is 5.82 Å². The van der Waals surface area contributed by atoms with Crippen LogP contribution in [0.2, 0.25) is 10.4 Å². The number of imidazole rings is 1. The Balaban J connectivity index is 2.05. The van der Waals surface area contributed by atoms with Crippen LogP contribution in [0, 0.1) is 6.92 Å². The molecule has 3 heterocycles. The Kier molecular flexibility index (Phi) is 3.34. The molecular weight excluding hydrogens is 291 g/mol. The van der Waals surface area contributed by atoms with Crippen LogP contribution in [0.5, 0.6) is 0 Å². The molecular formula is C11H12Cl2N4O2. The second-order valence-electron chi connectivity index (χ2n) is 4.49. The zero-order valence-electron chi connectivity index (χ0n) is 10.2. The van der Waals surface area contributed by atoms with E-state index in [2.05, 4.69) is 15.0 Å². The molecule has 8 heteroatoms. The molecule has 0 bridgehead atoms. The summed E-state index contributed by atoms with van der Waals surface area (Å²) in [7, 11) is 0. The molecule has 1 fully saturated rings. The van der Waals surface area contributed by atoms with Gasteiger partial charge in [0.15, 0.2) is 10.8 Å². The number of nitrogens with zero attached hydrogens (tertiary/aromatic N) is 4. The largest absolute Gasteiger partial charge is 0.390 e. The fourth-order valence-corrected chi connectivity index (χ4v) is 2.68. The van der Waals surface area contributed by atoms with E-state index in [1.165, 1.54) is 0 Å². The fourth-order valence-electron chi connectivity index (χ4n) is 2.26. The number of aliphatic hydroxyl groups is 1. The van der Waals surface area contributed by atoms with Crippen molar-refractivity contribution in [1.82, 2.24) is 19.5 Å². The highest BCUT2D eigenvalue weighted by atomic mass is 35.5. The summed E-state index contributed by atoms with van der Waals surface area (Å²) in [5, 5.41) is 10.1. The van der Waals surface area contributed by atoms with Crippen molar-refractivity contribution in [2.45, 2.75) is 32.1 Å². The van der Waals surface area contributed by atoms with Crippen molar-refractivity contribution in [1.29, 1.82) is 0 Å². The van der Waals surface area contributed by atoms with Crippen LogP contribution in [-0.2, 0) is 11.3 Å². The van der Waals surface area contributed by atoms with Gasteiger partial charge in [-0.3, -0.25) is 0 Å². The molecule has 102 valence electrons. The number of halogens is 2. The second kappa shape index (κ2) is 4.86. The number of ether oxygens (including phenoxy) is 1. The Morgan fingerprint density at radius 2 is 2.16 bits per heavy atom. The van der Waals surface area contributed by atoms with Crippen LogP contribution in [0.15, 0.2) is 0 Å². The molecule has 19 heavy (non-hydrogen) atoms. The predicted molar refractivity (Wildman–Crippen MR) is 70.4 cm³/mol. The van der Waals surface area contributed by atoms with Gasteiger partial charge < -0.3 is 14.4 Å². The lowest BCUT2D eigenvalue weighted by Crippen LogP contribution is -2.27. The molecule has 0 amide bonds. The summed E-state index contributed by atoms with van der Waals surface area (Å²) in [6, 6.07) is 0. The number of aryl methyl sites for hydroxylation is 1. The zero-order chi connectivity index (χ0) is 13.6. The molecule has 1 N–H and O–H groups in total. The third-order valence-corrected chi connectivity index (χ3v) is 3.69. The molecule has 0 unspecified atom stereocenters. The van der Waals surface area contributed by atoms with Crippen molar-refractivity contribution in [2.75, 3.05) is 6.61 Å². The Bertz CT molecular complexity index is 631. The molecule has 0 spiro atoms. The predicted octanol–water partition coefficient (Wildman–Crippen LogP) is 1.59. The standard InChI is InChI=1S/C11H12Cl2N4O2/c1-5-14-8-9(12)15-11(13)16-10(8)17(5)4-7-6(18)2-3-19-7/h6-7,18H,2-4H2,1H3/t6-,7+/m0/s1. The summed E-state index contributed by atoms with van der Waals surface area (Å²) < 4.78 is 7.34. The van der Waals surface area contributed by atoms with Gasteiger partial charge in [0.05, 0.1) is 12.6 Å². The summed E-state index contributed by atoms with van der Waals surface area (Å²) in [5.41, 5.74) is 1.07. The summed E-state index contributed by atoms with van der Waals surface area (Å²) in [6.07, 6.45) is -0.0828. The van der Waals surface area contributed by atoms with E-state index in [4.69, 9.17) is 27.9 Å². The second-order valence-corrected chi connectivity index (χ2v) is 5.19. The smallest absolute Gasteiger partial charge is 0.225 e. The fraction of sp³-hybridized carbons (Fsp3) is 0.545. The summed E-state index contributed by atoms with van der Waals surface area (Å²) in [5.74, 6) is 0.733. The molecule has 6 nitrogen and oxygen atoms in total. The summed E-state index contributed by atoms with van der Waals surface area (Å²) in [6.45, 7) is 2.87. The van der Waals surface area contributed by atoms with Gasteiger partial charge in [0.2, 0.25) is 5.28 Å². The number of aromatic nitrogens is 4. The first-order valence-corrected chi connectivity index (χ1v) is 6.67. The minimum atomic E-state index is -0.468. The first kappa shape index (κ1) is 13.1. The van der Waals surface area contributed by atoms with Gasteiger partial charge in [0, 0.05) is 6.61 Å². The Morgan fingerprint density at radius 3 is 2.84 bits per heavy atom. The van der Waals surface area contributed by atoms with Gasteiger partial charge in [-0.15, -0.1) is 0 Å². The maximum absolute atomic E-state index is 9.82. The topological polar surface area (TPSA) is 73.1 Å². The van der Waals surface area contributed by atoms with Gasteiger partial charge in [-0.25, -0.2) is 9.97 Å². The first-order chi connectivity index (χ1) is 9.06. The third-order valence-electron chi connectivity index (χ3n) is 3.25. The summed E-state index contributed by atoms with van der Waals surface area (Å²) in [4.78, 5) is 12.4. The highest BCUT2D eigenvalue weighted by Gasteiger charge is 2.28. The molecule has 3 rings (SSSR count). The van der Waals surface area contributed by atoms with E-state index >= 15 is 0 Å². The molecule has 0 saturated carbocycles. The van der Waals surface area contributed by atoms with Crippen LogP contribution in [0.1, 0.15) is 12.2 Å². The van der Waals surface area contributed by atoms with Gasteiger partial charge >= 0.3 is 0 Å². The molecule has 1 aliphatic heterocycles. The highest BCUT2D eigenvalue weighted by Crippen LogP contribution is 2.24. The third kappa shape index (κ3) is 2.29. The van der Waals surface area contributed by atoms with Crippen LogP contribution in [0.3, 0.4) is 0 Å². The Hall–Kier alpha value is -0.950. The van der Waals surface area contributed by atoms with E-state index < -0.39 is 6.10 Å². The lowest BCUT2D eigenvalue weighted by Gasteiger charge is -2.15. The average molecular weight is 303 g/mol. The van der Waals surface area contributed by atoms with Gasteiger partial charge in [0.25, 0.3) is 0 Å². The van der Waals surface area contributed by atoms with E-state index in [1.54, 1.807) is 0 Å². The molecule has 0 aliphatic carbocycles. The van der Waals surface area contributed by atoms with Crippen molar-refractivity contribution in [3.63, 3.8) is 0 Å². The number of hydrogen-bond acceptors (Lipinski definition) is 5. The van der Waals surface area contributed by atoms with Gasteiger partial charge in [-0.1, -0.05) is 11.6 Å². The van der Waals surface area contributed by atoms with Gasteiger partial charge in [0.1, 0.15) is 17.4 Å². The maximum Gasteiger partial charge on any atom is 0.225 e. The van der Waals surface area contributed by atoms with Crippen LogP contribution in [0.4, 0.5) is 0 Å². The molecule has 1 saturated heterocycles. The minimum absolute atomic E-state index is 0.0755. The molecule has 2 aromatic heterocycles. The number of hydrogen-bond donors (Lipinski definition) is 1. The number of fused-ring (bicyclic) bond motifs is 1. The van der Waals surface area contributed by atoms with Crippen LogP contribution >= 0.6 is 23.2 Å². The SMILES string of the molecule is Cc1nc2c(Cl)nc(Cl)nc2n1C[C@H]1OCC[C@@H]1O. The number of rotatable bonds is 2. The lowest BCUT2D eigenvalue weighted by atomic mass is 10.2. The maximum atomic E-state index is 9.82. The quantitative estimate of drug-likeness (QED) is 0.674. The molecule has 0 aromatic carbocycles. The molecule has 2 atom stereocenters. The van der Waals surface area contributed by atoms with Crippen molar-refractivity contribution in [2.24, 2.45) is 0 Å². The van der Waals surface area contributed by atoms with E-state index in [9.17, 15) is 5.11 Å². The zero-order valence-corrected chi connectivity index (χ0v) is 11.7. The average Bonchev–Trinajstić information content (AvgIpc) is 2.87. The normalized spacial score (nSPS) is 23.4. The number of aliphatic hydroxyl groups excluding tert-OH is 1. The highest BCUT2D eigenvalue weighted by molar-refractivity contribution is 6.35. The van der Waals surface area contributed by atoms with Crippen molar-refractivity contribution in [3.05, 3.63) is 16.3 Å². The summed E-state index contributed by atoms with van der Waals surface area (Å²) >= 11 is 11.8. The Labute approximate surface area is 119 Å². The van der Waals surface area contributed by atoms with E-state index in [0.29, 0.717) is 30.7 Å². The van der Waals surface area contributed by atoms with Crippen molar-refractivity contribution in [3.8, 4) is 0 Å². The van der Waals surface area contributed by atoms with Crippen molar-refractivity contribution < 1.29 is 9.84 Å². The Morgan fingerprint density at radius 1 is 1.37 bits per heavy atom. The lowest BCUT2D eigenvalue weighted by molar-refractivity contribution is 0.0313. The first-order valence-electron chi connectivity index (χ1n) is 5.92. The van der Waals surface area contributed by atoms with Gasteiger partial charge in [-0.2, -0.15) is 4.98 Å². The van der Waals surface area contributed by atoms with Crippen LogP contribution < -0.4 is 0 Å². The van der Waals surface area contributed by atoms with Crippen LogP contribution in [0.25, 0.3) is 11.2 Å². The van der Waals surface area contributed by atoms with Crippen molar-refractivity contribution >= 4 is 34.4 Å². The molecule has 0 radical (unpaired) electrons. The minimum Gasteiger partial charge on any atom is -0.390 e. The van der Waals surface area contributed by atoms with Crippen LogP contribution in [-0.4, -0.2) is 43.4 Å². The molecule has 2 aromatic rings. The van der Waals surface area contributed by atoms with E-state index in [-0.39, 0.29) is 16.5 Å². The molecule has 1 aliphatic rings. The van der Waals surface area contributed by atoms with E-state index in [1.807, 2.05) is 11.5 Å². The van der Waals surface area contributed by atoms with Gasteiger partial charge in [-0.05, 0) is 24.9 Å².